The number of furan rings is 1. The summed E-state index contributed by atoms with van der Waals surface area (Å²) in [6, 6.07) is 17.6. The number of halogens is 1. The van der Waals surface area contributed by atoms with E-state index in [2.05, 4.69) is 11.7 Å². The molecule has 0 spiro atoms. The van der Waals surface area contributed by atoms with E-state index in [0.717, 1.165) is 5.39 Å². The Morgan fingerprint density at radius 3 is 2.76 bits per heavy atom. The third-order valence-electron chi connectivity index (χ3n) is 6.43. The van der Waals surface area contributed by atoms with Crippen LogP contribution in [0.1, 0.15) is 25.0 Å². The second-order valence-electron chi connectivity index (χ2n) is 9.32. The van der Waals surface area contributed by atoms with Crippen molar-refractivity contribution in [2.45, 2.75) is 26.4 Å². The van der Waals surface area contributed by atoms with Crippen LogP contribution >= 0.6 is 11.6 Å². The number of para-hydroxylation sites is 1. The van der Waals surface area contributed by atoms with Gasteiger partial charge in [0, 0.05) is 16.0 Å². The molecule has 0 saturated carbocycles. The summed E-state index contributed by atoms with van der Waals surface area (Å²) in [7, 11) is 1.50. The number of rotatable bonds is 10. The molecule has 0 aliphatic heterocycles. The van der Waals surface area contributed by atoms with E-state index in [9.17, 15) is 9.59 Å². The molecule has 1 atom stereocenters. The van der Waals surface area contributed by atoms with E-state index in [1.807, 2.05) is 12.1 Å². The lowest BCUT2D eigenvalue weighted by atomic mass is 10.1. The Kier molecular flexibility index (Phi) is 8.40. The minimum atomic E-state index is -0.856. The number of nitrogens with zero attached hydrogens (tertiary/aromatic N) is 3. The first-order valence-corrected chi connectivity index (χ1v) is 13.6. The van der Waals surface area contributed by atoms with Crippen LogP contribution in [0.2, 0.25) is 5.02 Å². The van der Waals surface area contributed by atoms with Crippen molar-refractivity contribution in [3.63, 3.8) is 0 Å². The van der Waals surface area contributed by atoms with Crippen LogP contribution in [0.15, 0.2) is 87.6 Å². The van der Waals surface area contributed by atoms with Crippen molar-refractivity contribution in [2.75, 3.05) is 13.7 Å². The van der Waals surface area contributed by atoms with Crippen molar-refractivity contribution < 1.29 is 23.4 Å². The van der Waals surface area contributed by atoms with Gasteiger partial charge in [-0.3, -0.25) is 4.79 Å². The van der Waals surface area contributed by atoms with Crippen LogP contribution in [0, 0.1) is 0 Å². The molecule has 0 radical (unpaired) electrons. The SMILES string of the molecule is C=CCc1cc(C=Nn2c(-c3cc4cc(Cl)ccc4o3)nc3ccccc3c2=O)cc(OC)c1O[C@@H](C)C(=O)OCC. The van der Waals surface area contributed by atoms with Gasteiger partial charge in [0.2, 0.25) is 5.82 Å². The lowest BCUT2D eigenvalue weighted by Gasteiger charge is -2.19. The molecular formula is C32H28ClN3O6. The van der Waals surface area contributed by atoms with Crippen LogP contribution in [0.4, 0.5) is 0 Å². The van der Waals surface area contributed by atoms with Crippen LogP contribution in [0.5, 0.6) is 11.5 Å². The fourth-order valence-electron chi connectivity index (χ4n) is 4.47. The molecule has 0 fully saturated rings. The van der Waals surface area contributed by atoms with Gasteiger partial charge in [-0.15, -0.1) is 6.58 Å². The Hall–Kier alpha value is -4.89. The fraction of sp³-hybridized carbons (Fsp3) is 0.188. The number of ether oxygens (including phenoxy) is 3. The summed E-state index contributed by atoms with van der Waals surface area (Å²) in [5, 5.41) is 6.27. The van der Waals surface area contributed by atoms with Crippen LogP contribution in [-0.4, -0.2) is 41.7 Å². The highest BCUT2D eigenvalue weighted by atomic mass is 35.5. The minimum Gasteiger partial charge on any atom is -0.493 e. The van der Waals surface area contributed by atoms with Gasteiger partial charge in [0.05, 0.1) is 30.8 Å². The summed E-state index contributed by atoms with van der Waals surface area (Å²) in [5.41, 5.74) is 2.06. The lowest BCUT2D eigenvalue weighted by molar-refractivity contribution is -0.150. The number of esters is 1. The minimum absolute atomic E-state index is 0.226. The van der Waals surface area contributed by atoms with Gasteiger partial charge in [-0.2, -0.15) is 9.78 Å². The van der Waals surface area contributed by atoms with E-state index in [-0.39, 0.29) is 18.0 Å². The Bertz CT molecular complexity index is 1890. The molecular weight excluding hydrogens is 558 g/mol. The van der Waals surface area contributed by atoms with Gasteiger partial charge < -0.3 is 18.6 Å². The summed E-state index contributed by atoms with van der Waals surface area (Å²) >= 11 is 6.17. The van der Waals surface area contributed by atoms with Crippen molar-refractivity contribution in [3.05, 3.63) is 99.8 Å². The predicted molar refractivity (Wildman–Crippen MR) is 163 cm³/mol. The molecule has 0 aliphatic carbocycles. The average molecular weight is 586 g/mol. The number of benzene rings is 3. The van der Waals surface area contributed by atoms with E-state index in [1.165, 1.54) is 18.0 Å². The quantitative estimate of drug-likeness (QED) is 0.106. The monoisotopic (exact) mass is 585 g/mol. The molecule has 0 saturated heterocycles. The molecule has 0 amide bonds. The molecule has 2 aromatic heterocycles. The summed E-state index contributed by atoms with van der Waals surface area (Å²) < 4.78 is 23.9. The molecule has 9 nitrogen and oxygen atoms in total. The highest BCUT2D eigenvalue weighted by molar-refractivity contribution is 6.31. The molecule has 10 heteroatoms. The third kappa shape index (κ3) is 5.77. The van der Waals surface area contributed by atoms with Crippen molar-refractivity contribution >= 4 is 45.7 Å². The summed E-state index contributed by atoms with van der Waals surface area (Å²) in [5.74, 6) is 0.863. The standard InChI is InChI=1S/C32H28ClN3O6/c1-5-9-21-14-20(15-27(39-4)29(21)41-19(3)32(38)40-6-2)18-34-36-30(35-25-11-8-7-10-24(25)31(36)37)28-17-22-16-23(33)12-13-26(22)42-28/h5,7-8,10-19H,1,6,9H2,2-4H3/t19-/m0/s1. The van der Waals surface area contributed by atoms with Gasteiger partial charge in [0.25, 0.3) is 5.56 Å². The molecule has 214 valence electrons. The Morgan fingerprint density at radius 2 is 2.00 bits per heavy atom. The van der Waals surface area contributed by atoms with Crippen molar-refractivity contribution in [3.8, 4) is 23.1 Å². The largest absolute Gasteiger partial charge is 0.493 e. The van der Waals surface area contributed by atoms with Crippen molar-refractivity contribution in [1.29, 1.82) is 0 Å². The van der Waals surface area contributed by atoms with E-state index in [0.29, 0.717) is 56.3 Å². The molecule has 42 heavy (non-hydrogen) atoms. The Balaban J connectivity index is 1.61. The smallest absolute Gasteiger partial charge is 0.347 e. The highest BCUT2D eigenvalue weighted by Crippen LogP contribution is 2.34. The van der Waals surface area contributed by atoms with Gasteiger partial charge in [0.15, 0.2) is 23.4 Å². The zero-order valence-electron chi connectivity index (χ0n) is 23.3. The molecule has 0 aliphatic rings. The van der Waals surface area contributed by atoms with Gasteiger partial charge in [-0.05, 0) is 74.4 Å². The number of hydrogen-bond donors (Lipinski definition) is 0. The van der Waals surface area contributed by atoms with Crippen LogP contribution in [-0.2, 0) is 16.0 Å². The van der Waals surface area contributed by atoms with Crippen molar-refractivity contribution in [1.82, 2.24) is 9.66 Å². The number of aromatic nitrogens is 2. The topological polar surface area (TPSA) is 105 Å². The van der Waals surface area contributed by atoms with Crippen LogP contribution < -0.4 is 15.0 Å². The number of carbonyl (C=O) groups excluding carboxylic acids is 1. The van der Waals surface area contributed by atoms with E-state index in [1.54, 1.807) is 68.5 Å². The number of allylic oxidation sites excluding steroid dienone is 1. The number of methoxy groups -OCH3 is 1. The molecule has 5 aromatic rings. The maximum atomic E-state index is 13.6. The Labute approximate surface area is 246 Å². The Morgan fingerprint density at radius 1 is 1.19 bits per heavy atom. The van der Waals surface area contributed by atoms with Gasteiger partial charge >= 0.3 is 5.97 Å². The molecule has 2 heterocycles. The first-order chi connectivity index (χ1) is 20.3. The van der Waals surface area contributed by atoms with E-state index >= 15 is 0 Å². The number of carbonyl (C=O) groups is 1. The third-order valence-corrected chi connectivity index (χ3v) is 6.66. The van der Waals surface area contributed by atoms with E-state index in [4.69, 9.17) is 35.2 Å². The number of hydrogen-bond acceptors (Lipinski definition) is 8. The van der Waals surface area contributed by atoms with Gasteiger partial charge in [-0.1, -0.05) is 29.8 Å². The molecule has 0 N–H and O–H groups in total. The molecule has 0 unspecified atom stereocenters. The first kappa shape index (κ1) is 28.6. The van der Waals surface area contributed by atoms with Crippen molar-refractivity contribution in [2.24, 2.45) is 5.10 Å². The zero-order valence-corrected chi connectivity index (χ0v) is 24.1. The molecule has 0 bridgehead atoms. The average Bonchev–Trinajstić information content (AvgIpc) is 3.41. The van der Waals surface area contributed by atoms with Crippen LogP contribution in [0.25, 0.3) is 33.5 Å². The number of fused-ring (bicyclic) bond motifs is 2. The summed E-state index contributed by atoms with van der Waals surface area (Å²) in [6.45, 7) is 7.41. The van der Waals surface area contributed by atoms with Gasteiger partial charge in [0.1, 0.15) is 5.58 Å². The maximum absolute atomic E-state index is 13.6. The fourth-order valence-corrected chi connectivity index (χ4v) is 4.65. The normalized spacial score (nSPS) is 12.1. The van der Waals surface area contributed by atoms with Gasteiger partial charge in [-0.25, -0.2) is 9.78 Å². The summed E-state index contributed by atoms with van der Waals surface area (Å²) in [6.07, 6.45) is 2.80. The summed E-state index contributed by atoms with van der Waals surface area (Å²) in [4.78, 5) is 30.6. The lowest BCUT2D eigenvalue weighted by Crippen LogP contribution is -2.26. The maximum Gasteiger partial charge on any atom is 0.347 e. The van der Waals surface area contributed by atoms with E-state index < -0.39 is 12.1 Å². The second kappa shape index (κ2) is 12.3. The highest BCUT2D eigenvalue weighted by Gasteiger charge is 2.21. The predicted octanol–water partition coefficient (Wildman–Crippen LogP) is 6.41. The molecule has 3 aromatic carbocycles. The molecule has 5 rings (SSSR count). The zero-order chi connectivity index (χ0) is 29.8. The second-order valence-corrected chi connectivity index (χ2v) is 9.76. The first-order valence-electron chi connectivity index (χ1n) is 13.2. The van der Waals surface area contributed by atoms with Crippen LogP contribution in [0.3, 0.4) is 0 Å².